The van der Waals surface area contributed by atoms with E-state index in [-0.39, 0.29) is 0 Å². The molecule has 2 aliphatic rings. The number of hydrogen-bond donors (Lipinski definition) is 0. The third-order valence-corrected chi connectivity index (χ3v) is 15.1. The van der Waals surface area contributed by atoms with Crippen LogP contribution in [0, 0.1) is 6.92 Å². The first-order valence-electron chi connectivity index (χ1n) is 24.1. The molecule has 0 bridgehead atoms. The van der Waals surface area contributed by atoms with Gasteiger partial charge in [0.05, 0.1) is 5.41 Å². The second kappa shape index (κ2) is 15.4. The van der Waals surface area contributed by atoms with Crippen LogP contribution in [0.3, 0.4) is 0 Å². The van der Waals surface area contributed by atoms with Gasteiger partial charge in [0.2, 0.25) is 0 Å². The molecule has 0 radical (unpaired) electrons. The first-order chi connectivity index (χ1) is 34.2. The van der Waals surface area contributed by atoms with Crippen LogP contribution in [0.1, 0.15) is 27.8 Å². The summed E-state index contributed by atoms with van der Waals surface area (Å²) in [6.07, 6.45) is 0. The minimum absolute atomic E-state index is 0.452. The maximum atomic E-state index is 2.50. The summed E-state index contributed by atoms with van der Waals surface area (Å²) in [6, 6.07) is 95.1. The summed E-state index contributed by atoms with van der Waals surface area (Å²) >= 11 is 0. The molecule has 0 saturated carbocycles. The third kappa shape index (κ3) is 5.78. The molecule has 0 atom stereocenters. The van der Waals surface area contributed by atoms with Crippen LogP contribution in [0.25, 0.3) is 88.0 Å². The van der Waals surface area contributed by atoms with Crippen LogP contribution in [0.5, 0.6) is 0 Å². The molecular formula is C68H45N. The summed E-state index contributed by atoms with van der Waals surface area (Å²) in [5.74, 6) is 0. The van der Waals surface area contributed by atoms with Crippen molar-refractivity contribution in [2.24, 2.45) is 0 Å². The van der Waals surface area contributed by atoms with E-state index in [0.717, 1.165) is 17.1 Å². The van der Waals surface area contributed by atoms with Gasteiger partial charge in [-0.2, -0.15) is 0 Å². The van der Waals surface area contributed by atoms with E-state index in [9.17, 15) is 0 Å². The molecule has 2 aliphatic carbocycles. The standard InChI is InChI=1S/C68H45N/c1-44-20-19-27-48(40-44)69(50-36-38-55-54-31-15-18-35-63(54)68(64(55)42-50)61-33-16-13-29-52(61)53-30-14-17-34-62(53)68)49-37-39-57-60(41-49)51-28-11-12-32-56(51)66-59(46-23-7-3-8-24-46)43-58(45-21-5-2-6-22-45)65(67(57)66)47-25-9-4-10-26-47/h2-43H,1H3. The average molecular weight is 876 g/mol. The number of aryl methyl sites for hydroxylation is 1. The number of rotatable bonds is 6. The molecular weight excluding hydrogens is 831 g/mol. The van der Waals surface area contributed by atoms with Crippen molar-refractivity contribution in [3.05, 3.63) is 283 Å². The van der Waals surface area contributed by atoms with Gasteiger partial charge in [-0.3, -0.25) is 0 Å². The lowest BCUT2D eigenvalue weighted by Crippen LogP contribution is -2.26. The average Bonchev–Trinajstić information content (AvgIpc) is 3.88. The number of fused-ring (bicyclic) bond motifs is 16. The van der Waals surface area contributed by atoms with Crippen LogP contribution in [-0.4, -0.2) is 0 Å². The highest BCUT2D eigenvalue weighted by molar-refractivity contribution is 6.33. The first-order valence-corrected chi connectivity index (χ1v) is 24.1. The molecule has 0 saturated heterocycles. The Morgan fingerprint density at radius 3 is 1.38 bits per heavy atom. The van der Waals surface area contributed by atoms with E-state index < -0.39 is 5.41 Å². The van der Waals surface area contributed by atoms with Crippen molar-refractivity contribution in [2.75, 3.05) is 4.90 Å². The number of nitrogens with zero attached hydrogens (tertiary/aromatic N) is 1. The molecule has 0 N–H and O–H groups in total. The zero-order chi connectivity index (χ0) is 45.6. The summed E-state index contributed by atoms with van der Waals surface area (Å²) in [6.45, 7) is 2.20. The maximum Gasteiger partial charge on any atom is 0.0726 e. The fraction of sp³-hybridized carbons (Fsp3) is 0.0294. The van der Waals surface area contributed by atoms with Gasteiger partial charge in [-0.25, -0.2) is 0 Å². The Hall–Kier alpha value is -8.78. The highest BCUT2D eigenvalue weighted by atomic mass is 15.1. The molecule has 12 aromatic carbocycles. The minimum Gasteiger partial charge on any atom is -0.310 e. The van der Waals surface area contributed by atoms with Gasteiger partial charge in [0.15, 0.2) is 0 Å². The molecule has 14 rings (SSSR count). The second-order valence-electron chi connectivity index (χ2n) is 18.8. The maximum absolute atomic E-state index is 2.50. The van der Waals surface area contributed by atoms with Gasteiger partial charge in [0, 0.05) is 17.1 Å². The lowest BCUT2D eigenvalue weighted by molar-refractivity contribution is 0.793. The van der Waals surface area contributed by atoms with E-state index in [0.29, 0.717) is 0 Å². The molecule has 322 valence electrons. The summed E-state index contributed by atoms with van der Waals surface area (Å²) in [5.41, 5.74) is 22.0. The first kappa shape index (κ1) is 39.4. The molecule has 0 aliphatic heterocycles. The van der Waals surface area contributed by atoms with Gasteiger partial charge >= 0.3 is 0 Å². The largest absolute Gasteiger partial charge is 0.310 e. The smallest absolute Gasteiger partial charge is 0.0726 e. The Balaban J connectivity index is 1.08. The topological polar surface area (TPSA) is 3.24 Å². The molecule has 0 heterocycles. The van der Waals surface area contributed by atoms with E-state index >= 15 is 0 Å². The quantitative estimate of drug-likeness (QED) is 0.150. The van der Waals surface area contributed by atoms with Crippen LogP contribution in [0.2, 0.25) is 0 Å². The molecule has 0 fully saturated rings. The van der Waals surface area contributed by atoms with Crippen molar-refractivity contribution in [3.8, 4) is 55.6 Å². The van der Waals surface area contributed by atoms with Gasteiger partial charge in [-0.15, -0.1) is 0 Å². The summed E-state index contributed by atoms with van der Waals surface area (Å²) in [7, 11) is 0. The van der Waals surface area contributed by atoms with E-state index in [1.54, 1.807) is 0 Å². The van der Waals surface area contributed by atoms with Crippen LogP contribution in [0.15, 0.2) is 255 Å². The van der Waals surface area contributed by atoms with Crippen LogP contribution in [-0.2, 0) is 5.41 Å². The van der Waals surface area contributed by atoms with Crippen LogP contribution in [0.4, 0.5) is 17.1 Å². The van der Waals surface area contributed by atoms with Crippen LogP contribution < -0.4 is 4.90 Å². The molecule has 0 unspecified atom stereocenters. The zero-order valence-corrected chi connectivity index (χ0v) is 38.2. The van der Waals surface area contributed by atoms with Gasteiger partial charge in [0.25, 0.3) is 0 Å². The highest BCUT2D eigenvalue weighted by Gasteiger charge is 2.51. The zero-order valence-electron chi connectivity index (χ0n) is 38.2. The van der Waals surface area contributed by atoms with Crippen molar-refractivity contribution in [3.63, 3.8) is 0 Å². The molecule has 12 aromatic rings. The number of anilines is 3. The van der Waals surface area contributed by atoms with Crippen LogP contribution >= 0.6 is 0 Å². The second-order valence-corrected chi connectivity index (χ2v) is 18.8. The van der Waals surface area contributed by atoms with E-state index in [4.69, 9.17) is 0 Å². The monoisotopic (exact) mass is 875 g/mol. The Bertz CT molecular complexity index is 3950. The molecule has 69 heavy (non-hydrogen) atoms. The van der Waals surface area contributed by atoms with Gasteiger partial charge in [-0.05, 0) is 165 Å². The lowest BCUT2D eigenvalue weighted by Gasteiger charge is -2.32. The number of benzene rings is 12. The van der Waals surface area contributed by atoms with Gasteiger partial charge in [-0.1, -0.05) is 212 Å². The Labute approximate surface area is 402 Å². The van der Waals surface area contributed by atoms with Crippen molar-refractivity contribution in [1.82, 2.24) is 0 Å². The minimum atomic E-state index is -0.452. The predicted octanol–water partition coefficient (Wildman–Crippen LogP) is 18.3. The van der Waals surface area contributed by atoms with Crippen molar-refractivity contribution >= 4 is 49.4 Å². The van der Waals surface area contributed by atoms with Crippen molar-refractivity contribution in [1.29, 1.82) is 0 Å². The van der Waals surface area contributed by atoms with Crippen molar-refractivity contribution in [2.45, 2.75) is 12.3 Å². The number of hydrogen-bond acceptors (Lipinski definition) is 1. The fourth-order valence-corrected chi connectivity index (χ4v) is 12.3. The lowest BCUT2D eigenvalue weighted by atomic mass is 9.70. The van der Waals surface area contributed by atoms with Crippen molar-refractivity contribution < 1.29 is 0 Å². The Morgan fingerprint density at radius 2 is 0.754 bits per heavy atom. The Kier molecular flexibility index (Phi) is 8.78. The Morgan fingerprint density at radius 1 is 0.275 bits per heavy atom. The molecule has 1 heteroatoms. The predicted molar refractivity (Wildman–Crippen MR) is 291 cm³/mol. The molecule has 0 amide bonds. The normalized spacial score (nSPS) is 12.8. The summed E-state index contributed by atoms with van der Waals surface area (Å²) < 4.78 is 0. The third-order valence-electron chi connectivity index (χ3n) is 15.1. The van der Waals surface area contributed by atoms with E-state index in [2.05, 4.69) is 267 Å². The highest BCUT2D eigenvalue weighted by Crippen LogP contribution is 2.63. The molecule has 1 spiro atoms. The molecule has 1 nitrogen and oxygen atoms in total. The summed E-state index contributed by atoms with van der Waals surface area (Å²) in [4.78, 5) is 2.49. The SMILES string of the molecule is Cc1cccc(N(c2ccc3c(c2)C2(c4ccccc4-c4ccccc42)c2ccccc2-3)c2ccc3c(c2)c2ccccc2c2c(-c4ccccc4)cc(-c4ccccc4)c(-c4ccccc4)c32)c1. The van der Waals surface area contributed by atoms with Gasteiger partial charge < -0.3 is 4.90 Å². The van der Waals surface area contributed by atoms with Gasteiger partial charge in [0.1, 0.15) is 0 Å². The molecule has 0 aromatic heterocycles. The van der Waals surface area contributed by atoms with E-state index in [1.807, 2.05) is 0 Å². The summed E-state index contributed by atoms with van der Waals surface area (Å²) in [5, 5.41) is 7.46. The van der Waals surface area contributed by atoms with E-state index in [1.165, 1.54) is 116 Å². The fourth-order valence-electron chi connectivity index (χ4n) is 12.3.